The summed E-state index contributed by atoms with van der Waals surface area (Å²) < 4.78 is 8.63. The molecule has 0 aliphatic carbocycles. The lowest BCUT2D eigenvalue weighted by Gasteiger charge is -2.38. The molecule has 2 N–H and O–H groups in total. The molecule has 1 heterocycles. The molecule has 3 atom stereocenters. The Morgan fingerprint density at radius 2 is 1.90 bits per heavy atom. The molecular weight excluding hydrogens is 392 g/mol. The Morgan fingerprint density at radius 3 is 2.40 bits per heavy atom. The molecule has 30 heavy (non-hydrogen) atoms. The average molecular weight is 431 g/mol. The molecule has 7 heteroatoms. The van der Waals surface area contributed by atoms with Crippen molar-refractivity contribution in [1.29, 1.82) is 0 Å². The average Bonchev–Trinajstić information content (AvgIpc) is 3.13. The van der Waals surface area contributed by atoms with Crippen LogP contribution in [0, 0.1) is 11.3 Å². The van der Waals surface area contributed by atoms with Crippen molar-refractivity contribution in [1.82, 2.24) is 9.55 Å². The van der Waals surface area contributed by atoms with Gasteiger partial charge in [0, 0.05) is 37.6 Å². The van der Waals surface area contributed by atoms with Crippen LogP contribution >= 0.6 is 0 Å². The summed E-state index contributed by atoms with van der Waals surface area (Å²) in [4.78, 5) is 18.0. The Morgan fingerprint density at radius 1 is 1.27 bits per heavy atom. The summed E-state index contributed by atoms with van der Waals surface area (Å²) in [5.41, 5.74) is 8.20. The maximum atomic E-state index is 11.6. The second kappa shape index (κ2) is 9.79. The van der Waals surface area contributed by atoms with Crippen molar-refractivity contribution in [3.8, 4) is 0 Å². The zero-order chi connectivity index (χ0) is 22.6. The third-order valence-corrected chi connectivity index (χ3v) is 6.71. The molecule has 0 aliphatic heterocycles. The van der Waals surface area contributed by atoms with E-state index in [1.165, 1.54) is 11.3 Å². The highest BCUT2D eigenvalue weighted by Gasteiger charge is 2.33. The number of carbonyl (C=O) groups excluding carboxylic acids is 1. The quantitative estimate of drug-likeness (QED) is 0.598. The minimum Gasteiger partial charge on any atom is -0.414 e. The molecule has 2 rings (SSSR count). The predicted molar refractivity (Wildman–Crippen MR) is 126 cm³/mol. The lowest BCUT2D eigenvalue weighted by Crippen LogP contribution is -2.30. The van der Waals surface area contributed by atoms with E-state index in [1.807, 2.05) is 4.57 Å². The zero-order valence-corrected chi connectivity index (χ0v) is 20.9. The van der Waals surface area contributed by atoms with Crippen LogP contribution in [0.4, 0.5) is 5.69 Å². The number of anilines is 1. The number of amides is 1. The first-order valence-electron chi connectivity index (χ1n) is 10.7. The standard InChI is InChI=1S/C23H38N4O2Si/c1-16(23(2,3)4)20(27-14-18(22(24)28)25-15-27)13-21(29-30(7)8)17-11-9-10-12-19(17)26(5)6/h9-12,14-16,20-21,30H,13H2,1-8H3,(H2,24,28)/t16-,20-,21?/m1/s1. The lowest BCUT2D eigenvalue weighted by molar-refractivity contribution is 0.0995. The molecular formula is C23H38N4O2Si. The smallest absolute Gasteiger partial charge is 0.268 e. The molecule has 1 unspecified atom stereocenters. The van der Waals surface area contributed by atoms with Gasteiger partial charge in [-0.15, -0.1) is 0 Å². The van der Waals surface area contributed by atoms with E-state index in [-0.39, 0.29) is 17.6 Å². The minimum atomic E-state index is -1.30. The van der Waals surface area contributed by atoms with Gasteiger partial charge in [-0.3, -0.25) is 4.79 Å². The molecule has 0 spiro atoms. The predicted octanol–water partition coefficient (Wildman–Crippen LogP) is 4.40. The van der Waals surface area contributed by atoms with Crippen LogP contribution in [0.2, 0.25) is 13.1 Å². The number of carbonyl (C=O) groups is 1. The van der Waals surface area contributed by atoms with E-state index >= 15 is 0 Å². The molecule has 0 bridgehead atoms. The van der Waals surface area contributed by atoms with Crippen LogP contribution in [0.1, 0.15) is 62.3 Å². The third-order valence-electron chi connectivity index (χ3n) is 5.84. The van der Waals surface area contributed by atoms with Crippen LogP contribution in [0.5, 0.6) is 0 Å². The van der Waals surface area contributed by atoms with Crippen LogP contribution in [0.25, 0.3) is 0 Å². The van der Waals surface area contributed by atoms with E-state index in [9.17, 15) is 4.79 Å². The van der Waals surface area contributed by atoms with Crippen molar-refractivity contribution in [2.24, 2.45) is 17.1 Å². The number of nitrogens with two attached hydrogens (primary N) is 1. The highest BCUT2D eigenvalue weighted by atomic mass is 28.3. The molecule has 166 valence electrons. The second-order valence-corrected chi connectivity index (χ2v) is 12.0. The maximum absolute atomic E-state index is 11.6. The van der Waals surface area contributed by atoms with E-state index in [0.29, 0.717) is 11.6 Å². The minimum absolute atomic E-state index is 0.0375. The van der Waals surface area contributed by atoms with Gasteiger partial charge < -0.3 is 19.6 Å². The molecule has 2 aromatic rings. The van der Waals surface area contributed by atoms with Crippen molar-refractivity contribution >= 4 is 20.6 Å². The SMILES string of the molecule is C[C@H]([C@@H](CC(O[SiH](C)C)c1ccccc1N(C)C)n1cnc(C(N)=O)c1)C(C)(C)C. The van der Waals surface area contributed by atoms with Crippen LogP contribution in [-0.4, -0.2) is 38.6 Å². The maximum Gasteiger partial charge on any atom is 0.268 e. The van der Waals surface area contributed by atoms with Gasteiger partial charge >= 0.3 is 0 Å². The molecule has 1 amide bonds. The van der Waals surface area contributed by atoms with Crippen LogP contribution < -0.4 is 10.6 Å². The largest absolute Gasteiger partial charge is 0.414 e. The summed E-state index contributed by atoms with van der Waals surface area (Å²) in [6.07, 6.45) is 4.26. The normalized spacial score (nSPS) is 15.1. The van der Waals surface area contributed by atoms with Gasteiger partial charge in [0.1, 0.15) is 5.69 Å². The molecule has 0 fully saturated rings. The van der Waals surface area contributed by atoms with Crippen molar-refractivity contribution in [3.05, 3.63) is 48.0 Å². The number of hydrogen-bond acceptors (Lipinski definition) is 4. The number of imidazole rings is 1. The monoisotopic (exact) mass is 430 g/mol. The summed E-state index contributed by atoms with van der Waals surface area (Å²) in [6.45, 7) is 13.4. The first-order chi connectivity index (χ1) is 13.9. The number of para-hydroxylation sites is 1. The number of nitrogens with zero attached hydrogens (tertiary/aromatic N) is 3. The van der Waals surface area contributed by atoms with Crippen molar-refractivity contribution in [2.75, 3.05) is 19.0 Å². The fraction of sp³-hybridized carbons (Fsp3) is 0.565. The number of hydrogen-bond donors (Lipinski definition) is 1. The molecule has 6 nitrogen and oxygen atoms in total. The number of benzene rings is 1. The summed E-state index contributed by atoms with van der Waals surface area (Å²) in [7, 11) is 2.82. The van der Waals surface area contributed by atoms with E-state index < -0.39 is 14.9 Å². The first-order valence-corrected chi connectivity index (χ1v) is 13.4. The number of primary amides is 1. The Hall–Kier alpha value is -2.12. The van der Waals surface area contributed by atoms with Gasteiger partial charge in [-0.05, 0) is 36.9 Å². The van der Waals surface area contributed by atoms with E-state index in [4.69, 9.17) is 10.2 Å². The zero-order valence-electron chi connectivity index (χ0n) is 19.7. The van der Waals surface area contributed by atoms with E-state index in [1.54, 1.807) is 12.5 Å². The fourth-order valence-corrected chi connectivity index (χ4v) is 4.69. The van der Waals surface area contributed by atoms with Gasteiger partial charge in [-0.25, -0.2) is 4.98 Å². The molecule has 0 saturated heterocycles. The van der Waals surface area contributed by atoms with Gasteiger partial charge in [-0.2, -0.15) is 0 Å². The molecule has 1 aromatic carbocycles. The van der Waals surface area contributed by atoms with E-state index in [0.717, 1.165) is 6.42 Å². The van der Waals surface area contributed by atoms with Crippen molar-refractivity contribution in [3.63, 3.8) is 0 Å². The summed E-state index contributed by atoms with van der Waals surface area (Å²) in [6, 6.07) is 8.55. The summed E-state index contributed by atoms with van der Waals surface area (Å²) in [5.74, 6) is -0.185. The fourth-order valence-electron chi connectivity index (χ4n) is 3.78. The Bertz CT molecular complexity index is 842. The van der Waals surface area contributed by atoms with Crippen LogP contribution in [0.15, 0.2) is 36.8 Å². The van der Waals surface area contributed by atoms with Crippen molar-refractivity contribution < 1.29 is 9.22 Å². The summed E-state index contributed by atoms with van der Waals surface area (Å²) >= 11 is 0. The Labute approximate surface area is 183 Å². The Kier molecular flexibility index (Phi) is 7.88. The van der Waals surface area contributed by atoms with Crippen molar-refractivity contribution in [2.45, 2.75) is 59.4 Å². The third kappa shape index (κ3) is 5.95. The van der Waals surface area contributed by atoms with E-state index in [2.05, 4.69) is 89.0 Å². The summed E-state index contributed by atoms with van der Waals surface area (Å²) in [5, 5.41) is 0. The molecule has 0 saturated carbocycles. The molecule has 0 aliphatic rings. The highest BCUT2D eigenvalue weighted by molar-refractivity contribution is 6.48. The first kappa shape index (κ1) is 24.1. The highest BCUT2D eigenvalue weighted by Crippen LogP contribution is 2.42. The lowest BCUT2D eigenvalue weighted by atomic mass is 9.75. The van der Waals surface area contributed by atoms with Gasteiger partial charge in [0.2, 0.25) is 0 Å². The second-order valence-electron chi connectivity index (χ2n) is 9.65. The molecule has 1 aromatic heterocycles. The number of rotatable bonds is 9. The molecule has 0 radical (unpaired) electrons. The van der Waals surface area contributed by atoms with Gasteiger partial charge in [0.15, 0.2) is 9.04 Å². The van der Waals surface area contributed by atoms with Crippen LogP contribution in [0.3, 0.4) is 0 Å². The van der Waals surface area contributed by atoms with Crippen LogP contribution in [-0.2, 0) is 4.43 Å². The topological polar surface area (TPSA) is 73.4 Å². The van der Waals surface area contributed by atoms with Gasteiger partial charge in [0.05, 0.1) is 12.4 Å². The Balaban J connectivity index is 2.51. The number of aromatic nitrogens is 2. The van der Waals surface area contributed by atoms with Gasteiger partial charge in [-0.1, -0.05) is 45.9 Å². The van der Waals surface area contributed by atoms with Gasteiger partial charge in [0.25, 0.3) is 5.91 Å².